The molecule has 0 unspecified atom stereocenters. The Hall–Kier alpha value is 0.660. The Morgan fingerprint density at radius 2 is 1.31 bits per heavy atom. The molecule has 0 heterocycles. The van der Waals surface area contributed by atoms with Gasteiger partial charge in [0, 0.05) is 13.4 Å². The Balaban J connectivity index is 3.38. The highest BCUT2D eigenvalue weighted by atomic mass is 79.9. The Bertz CT molecular complexity index is 300. The van der Waals surface area contributed by atoms with Gasteiger partial charge in [-0.2, -0.15) is 0 Å². The van der Waals surface area contributed by atoms with Crippen molar-refractivity contribution in [2.45, 2.75) is 26.2 Å². The molecule has 0 aliphatic carbocycles. The van der Waals surface area contributed by atoms with Crippen LogP contribution in [0.4, 0.5) is 0 Å². The summed E-state index contributed by atoms with van der Waals surface area (Å²) >= 11 is 10.6. The molecule has 0 fully saturated rings. The average molecular weight is 371 g/mol. The van der Waals surface area contributed by atoms with Crippen LogP contribution in [0.5, 0.6) is 0 Å². The molecule has 0 aromatic heterocycles. The summed E-state index contributed by atoms with van der Waals surface area (Å²) in [5.41, 5.74) is 1.45. The first-order valence-corrected chi connectivity index (χ1v) is 6.35. The highest BCUT2D eigenvalue weighted by molar-refractivity contribution is 9.11. The van der Waals surface area contributed by atoms with Gasteiger partial charge in [0.2, 0.25) is 0 Å². The molecule has 0 amide bonds. The summed E-state index contributed by atoms with van der Waals surface area (Å²) in [6.07, 6.45) is 0. The van der Waals surface area contributed by atoms with Crippen molar-refractivity contribution in [2.75, 3.05) is 0 Å². The maximum atomic E-state index is 3.57. The molecule has 0 aliphatic rings. The lowest BCUT2D eigenvalue weighted by atomic mass is 9.87. The number of hydrogen-bond donors (Lipinski definition) is 0. The van der Waals surface area contributed by atoms with Crippen molar-refractivity contribution in [3.63, 3.8) is 0 Å². The number of halogens is 3. The first kappa shape index (κ1) is 11.7. The zero-order chi connectivity index (χ0) is 10.2. The van der Waals surface area contributed by atoms with Crippen LogP contribution in [0.25, 0.3) is 0 Å². The minimum Gasteiger partial charge on any atom is -0.0560 e. The predicted octanol–water partition coefficient (Wildman–Crippen LogP) is 5.27. The number of benzene rings is 1. The summed E-state index contributed by atoms with van der Waals surface area (Å²) in [6.45, 7) is 6.60. The van der Waals surface area contributed by atoms with Gasteiger partial charge in [-0.25, -0.2) is 0 Å². The zero-order valence-electron chi connectivity index (χ0n) is 7.79. The van der Waals surface area contributed by atoms with E-state index in [-0.39, 0.29) is 5.41 Å². The third-order valence-corrected chi connectivity index (χ3v) is 3.47. The summed E-state index contributed by atoms with van der Waals surface area (Å²) in [5.74, 6) is 0. The molecule has 13 heavy (non-hydrogen) atoms. The van der Waals surface area contributed by atoms with Crippen molar-refractivity contribution in [3.8, 4) is 0 Å². The second kappa shape index (κ2) is 4.03. The van der Waals surface area contributed by atoms with Gasteiger partial charge in [-0.1, -0.05) is 68.6 Å². The van der Waals surface area contributed by atoms with Crippen molar-refractivity contribution < 1.29 is 0 Å². The highest BCUT2D eigenvalue weighted by Gasteiger charge is 2.20. The number of rotatable bonds is 0. The minimum absolute atomic E-state index is 0.151. The van der Waals surface area contributed by atoms with E-state index in [0.717, 1.165) is 13.4 Å². The van der Waals surface area contributed by atoms with Gasteiger partial charge >= 0.3 is 0 Å². The van der Waals surface area contributed by atoms with E-state index < -0.39 is 0 Å². The van der Waals surface area contributed by atoms with E-state index in [0.29, 0.717) is 0 Å². The monoisotopic (exact) mass is 368 g/mol. The van der Waals surface area contributed by atoms with Gasteiger partial charge in [-0.15, -0.1) is 0 Å². The standard InChI is InChI=1S/C10H11Br3/c1-10(2,3)9-7(12)4-6(11)5-8(9)13/h4-5H,1-3H3. The summed E-state index contributed by atoms with van der Waals surface area (Å²) in [5, 5.41) is 0. The molecule has 1 aromatic carbocycles. The van der Waals surface area contributed by atoms with Crippen LogP contribution in [0.2, 0.25) is 0 Å². The second-order valence-electron chi connectivity index (χ2n) is 3.99. The van der Waals surface area contributed by atoms with Gasteiger partial charge in [0.15, 0.2) is 0 Å². The van der Waals surface area contributed by atoms with Gasteiger partial charge in [0.05, 0.1) is 0 Å². The lowest BCUT2D eigenvalue weighted by Gasteiger charge is -2.22. The summed E-state index contributed by atoms with van der Waals surface area (Å²) < 4.78 is 3.36. The topological polar surface area (TPSA) is 0 Å². The Morgan fingerprint density at radius 1 is 0.923 bits per heavy atom. The van der Waals surface area contributed by atoms with Crippen molar-refractivity contribution >= 4 is 47.8 Å². The predicted molar refractivity (Wildman–Crippen MR) is 68.2 cm³/mol. The van der Waals surface area contributed by atoms with Crippen molar-refractivity contribution in [1.29, 1.82) is 0 Å². The lowest BCUT2D eigenvalue weighted by molar-refractivity contribution is 0.584. The first-order valence-electron chi connectivity index (χ1n) is 3.97. The minimum atomic E-state index is 0.151. The fraction of sp³-hybridized carbons (Fsp3) is 0.400. The Morgan fingerprint density at radius 3 is 1.62 bits per heavy atom. The van der Waals surface area contributed by atoms with Gasteiger partial charge in [0.25, 0.3) is 0 Å². The molecule has 0 radical (unpaired) electrons. The molecule has 0 nitrogen and oxygen atoms in total. The quantitative estimate of drug-likeness (QED) is 0.583. The third kappa shape index (κ3) is 2.80. The third-order valence-electron chi connectivity index (χ3n) is 1.76. The van der Waals surface area contributed by atoms with Crippen LogP contribution < -0.4 is 0 Å². The Labute approximate surface area is 104 Å². The number of hydrogen-bond acceptors (Lipinski definition) is 0. The molecular weight excluding hydrogens is 360 g/mol. The fourth-order valence-electron chi connectivity index (χ4n) is 1.26. The van der Waals surface area contributed by atoms with Crippen LogP contribution in [-0.4, -0.2) is 0 Å². The van der Waals surface area contributed by atoms with Crippen LogP contribution in [-0.2, 0) is 5.41 Å². The average Bonchev–Trinajstić information content (AvgIpc) is 1.78. The molecule has 0 bridgehead atoms. The van der Waals surface area contributed by atoms with E-state index >= 15 is 0 Å². The van der Waals surface area contributed by atoms with Crippen LogP contribution in [0.3, 0.4) is 0 Å². The van der Waals surface area contributed by atoms with E-state index in [4.69, 9.17) is 0 Å². The maximum Gasteiger partial charge on any atom is 0.0235 e. The highest BCUT2D eigenvalue weighted by Crippen LogP contribution is 2.37. The molecule has 1 rings (SSSR count). The molecular formula is C10H11Br3. The van der Waals surface area contributed by atoms with Gasteiger partial charge in [0.1, 0.15) is 0 Å². The van der Waals surface area contributed by atoms with E-state index in [1.807, 2.05) is 0 Å². The van der Waals surface area contributed by atoms with Crippen LogP contribution >= 0.6 is 47.8 Å². The molecule has 1 aromatic rings. The summed E-state index contributed by atoms with van der Waals surface area (Å²) in [4.78, 5) is 0. The lowest BCUT2D eigenvalue weighted by Crippen LogP contribution is -2.12. The normalized spacial score (nSPS) is 11.8. The molecule has 0 saturated carbocycles. The molecule has 3 heteroatoms. The van der Waals surface area contributed by atoms with Crippen molar-refractivity contribution in [2.24, 2.45) is 0 Å². The second-order valence-corrected chi connectivity index (χ2v) is 6.62. The van der Waals surface area contributed by atoms with Crippen LogP contribution in [0.1, 0.15) is 26.3 Å². The summed E-state index contributed by atoms with van der Waals surface area (Å²) in [7, 11) is 0. The van der Waals surface area contributed by atoms with Crippen LogP contribution in [0, 0.1) is 0 Å². The SMILES string of the molecule is CC(C)(C)c1c(Br)cc(Br)cc1Br. The largest absolute Gasteiger partial charge is 0.0560 e. The van der Waals surface area contributed by atoms with Crippen molar-refractivity contribution in [1.82, 2.24) is 0 Å². The van der Waals surface area contributed by atoms with Gasteiger partial charge in [-0.05, 0) is 23.1 Å². The van der Waals surface area contributed by atoms with E-state index in [9.17, 15) is 0 Å². The molecule has 0 aliphatic heterocycles. The zero-order valence-corrected chi connectivity index (χ0v) is 12.5. The fourth-order valence-corrected chi connectivity index (χ4v) is 4.71. The molecule has 0 spiro atoms. The molecule has 0 N–H and O–H groups in total. The van der Waals surface area contributed by atoms with E-state index in [2.05, 4.69) is 80.7 Å². The smallest absolute Gasteiger partial charge is 0.0235 e. The van der Waals surface area contributed by atoms with Crippen LogP contribution in [0.15, 0.2) is 25.6 Å². The van der Waals surface area contributed by atoms with E-state index in [1.165, 1.54) is 5.56 Å². The molecule has 0 atom stereocenters. The van der Waals surface area contributed by atoms with Crippen molar-refractivity contribution in [3.05, 3.63) is 31.1 Å². The first-order chi connectivity index (χ1) is 5.82. The van der Waals surface area contributed by atoms with Gasteiger partial charge < -0.3 is 0 Å². The molecule has 72 valence electrons. The summed E-state index contributed by atoms with van der Waals surface area (Å²) in [6, 6.07) is 4.15. The van der Waals surface area contributed by atoms with Gasteiger partial charge in [-0.3, -0.25) is 0 Å². The molecule has 0 saturated heterocycles. The Kier molecular flexibility index (Phi) is 3.64. The van der Waals surface area contributed by atoms with E-state index in [1.54, 1.807) is 0 Å². The maximum absolute atomic E-state index is 3.57.